The molecule has 0 atom stereocenters. The molecular weight excluding hydrogens is 417 g/mol. The zero-order valence-electron chi connectivity index (χ0n) is 17.5. The molecule has 0 radical (unpaired) electrons. The minimum atomic E-state index is -0.939. The fourth-order valence-corrected chi connectivity index (χ4v) is 4.62. The van der Waals surface area contributed by atoms with Crippen LogP contribution in [0.4, 0.5) is 18.9 Å². The van der Waals surface area contributed by atoms with Crippen molar-refractivity contribution in [1.29, 1.82) is 0 Å². The van der Waals surface area contributed by atoms with Gasteiger partial charge in [-0.2, -0.15) is 5.10 Å². The van der Waals surface area contributed by atoms with Crippen molar-refractivity contribution in [1.82, 2.24) is 14.7 Å². The second-order valence-electron chi connectivity index (χ2n) is 8.25. The Balaban J connectivity index is 1.39. The van der Waals surface area contributed by atoms with E-state index in [1.54, 1.807) is 21.7 Å². The number of hydrogen-bond acceptors (Lipinski definition) is 3. The van der Waals surface area contributed by atoms with Gasteiger partial charge in [-0.3, -0.25) is 4.79 Å². The van der Waals surface area contributed by atoms with Crippen molar-refractivity contribution >= 4 is 11.6 Å². The zero-order chi connectivity index (χ0) is 22.2. The standard InChI is InChI=1S/C24H23F3N4O/c25-16-5-7-17(8-6-16)29-11-2-12-30(14-13-29)24(32)23-19-3-1-4-22(19)31(28-23)18-9-10-20(26)21(27)15-18/h5-10,15H,1-4,11-14H2. The summed E-state index contributed by atoms with van der Waals surface area (Å²) in [6.45, 7) is 2.55. The average Bonchev–Trinajstić information content (AvgIpc) is 3.31. The summed E-state index contributed by atoms with van der Waals surface area (Å²) in [7, 11) is 0. The lowest BCUT2D eigenvalue weighted by Gasteiger charge is -2.23. The number of carbonyl (C=O) groups excluding carboxylic acids is 1. The van der Waals surface area contributed by atoms with Crippen LogP contribution in [0.1, 0.15) is 34.6 Å². The Labute approximate surface area is 184 Å². The molecule has 0 unspecified atom stereocenters. The van der Waals surface area contributed by atoms with Gasteiger partial charge in [-0.05, 0) is 62.1 Å². The maximum atomic E-state index is 13.8. The number of carbonyl (C=O) groups is 1. The number of hydrogen-bond donors (Lipinski definition) is 0. The van der Waals surface area contributed by atoms with E-state index in [0.29, 0.717) is 31.0 Å². The molecule has 2 heterocycles. The highest BCUT2D eigenvalue weighted by Gasteiger charge is 2.30. The van der Waals surface area contributed by atoms with Gasteiger partial charge in [0.1, 0.15) is 5.82 Å². The molecule has 1 aromatic heterocycles. The van der Waals surface area contributed by atoms with Crippen molar-refractivity contribution in [3.63, 3.8) is 0 Å². The van der Waals surface area contributed by atoms with Gasteiger partial charge in [0.05, 0.1) is 5.69 Å². The average molecular weight is 440 g/mol. The van der Waals surface area contributed by atoms with Crippen molar-refractivity contribution in [2.75, 3.05) is 31.1 Å². The number of fused-ring (bicyclic) bond motifs is 1. The quantitative estimate of drug-likeness (QED) is 0.615. The van der Waals surface area contributed by atoms with Crippen LogP contribution in [0, 0.1) is 17.5 Å². The summed E-state index contributed by atoms with van der Waals surface area (Å²) in [6.07, 6.45) is 3.17. The second-order valence-corrected chi connectivity index (χ2v) is 8.25. The third-order valence-electron chi connectivity index (χ3n) is 6.26. The molecule has 1 aliphatic carbocycles. The minimum Gasteiger partial charge on any atom is -0.370 e. The molecule has 5 nitrogen and oxygen atoms in total. The fourth-order valence-electron chi connectivity index (χ4n) is 4.62. The molecule has 2 aromatic carbocycles. The predicted molar refractivity (Wildman–Crippen MR) is 115 cm³/mol. The van der Waals surface area contributed by atoms with Gasteiger partial charge >= 0.3 is 0 Å². The van der Waals surface area contributed by atoms with Gasteiger partial charge in [0.15, 0.2) is 17.3 Å². The van der Waals surface area contributed by atoms with E-state index in [0.717, 1.165) is 61.3 Å². The number of amides is 1. The van der Waals surface area contributed by atoms with Crippen LogP contribution in [0.3, 0.4) is 0 Å². The summed E-state index contributed by atoms with van der Waals surface area (Å²) >= 11 is 0. The molecule has 8 heteroatoms. The van der Waals surface area contributed by atoms with Gasteiger partial charge in [0.2, 0.25) is 0 Å². The lowest BCUT2D eigenvalue weighted by molar-refractivity contribution is 0.0759. The first kappa shape index (κ1) is 20.6. The van der Waals surface area contributed by atoms with E-state index in [4.69, 9.17) is 0 Å². The van der Waals surface area contributed by atoms with Crippen molar-refractivity contribution in [3.05, 3.63) is 76.9 Å². The molecular formula is C24H23F3N4O. The Morgan fingerprint density at radius 1 is 0.812 bits per heavy atom. The summed E-state index contributed by atoms with van der Waals surface area (Å²) in [5, 5.41) is 4.55. The third kappa shape index (κ3) is 3.74. The smallest absolute Gasteiger partial charge is 0.274 e. The summed E-state index contributed by atoms with van der Waals surface area (Å²) in [5.74, 6) is -2.26. The van der Waals surface area contributed by atoms with E-state index in [1.807, 2.05) is 0 Å². The van der Waals surface area contributed by atoms with Crippen LogP contribution >= 0.6 is 0 Å². The Kier molecular flexibility index (Phi) is 5.36. The Bertz CT molecular complexity index is 1160. The van der Waals surface area contributed by atoms with E-state index >= 15 is 0 Å². The summed E-state index contributed by atoms with van der Waals surface area (Å²) < 4.78 is 42.0. The van der Waals surface area contributed by atoms with Crippen LogP contribution in [0.15, 0.2) is 42.5 Å². The van der Waals surface area contributed by atoms with Crippen LogP contribution in [0.5, 0.6) is 0 Å². The highest BCUT2D eigenvalue weighted by Crippen LogP contribution is 2.29. The maximum absolute atomic E-state index is 13.8. The van der Waals surface area contributed by atoms with Crippen molar-refractivity contribution in [2.45, 2.75) is 25.7 Å². The molecule has 166 valence electrons. The van der Waals surface area contributed by atoms with Crippen LogP contribution in [-0.2, 0) is 12.8 Å². The summed E-state index contributed by atoms with van der Waals surface area (Å²) in [6, 6.07) is 10.1. The van der Waals surface area contributed by atoms with Crippen LogP contribution < -0.4 is 4.90 Å². The number of anilines is 1. The van der Waals surface area contributed by atoms with E-state index in [2.05, 4.69) is 10.00 Å². The first-order chi connectivity index (χ1) is 15.5. The summed E-state index contributed by atoms with van der Waals surface area (Å²) in [4.78, 5) is 17.4. The van der Waals surface area contributed by atoms with E-state index in [9.17, 15) is 18.0 Å². The molecule has 1 fully saturated rings. The maximum Gasteiger partial charge on any atom is 0.274 e. The molecule has 1 saturated heterocycles. The Morgan fingerprint density at radius 2 is 1.59 bits per heavy atom. The second kappa shape index (κ2) is 8.33. The number of benzene rings is 2. The van der Waals surface area contributed by atoms with Crippen LogP contribution in [-0.4, -0.2) is 46.8 Å². The molecule has 0 saturated carbocycles. The zero-order valence-corrected chi connectivity index (χ0v) is 17.5. The minimum absolute atomic E-state index is 0.134. The van der Waals surface area contributed by atoms with Crippen molar-refractivity contribution in [2.24, 2.45) is 0 Å². The molecule has 3 aromatic rings. The van der Waals surface area contributed by atoms with Gasteiger partial charge in [-0.1, -0.05) is 0 Å². The van der Waals surface area contributed by atoms with Gasteiger partial charge in [0, 0.05) is 49.2 Å². The highest BCUT2D eigenvalue weighted by molar-refractivity contribution is 5.94. The Morgan fingerprint density at radius 3 is 2.38 bits per heavy atom. The number of nitrogens with zero attached hydrogens (tertiary/aromatic N) is 4. The first-order valence-electron chi connectivity index (χ1n) is 10.9. The monoisotopic (exact) mass is 440 g/mol. The van der Waals surface area contributed by atoms with Crippen LogP contribution in [0.25, 0.3) is 5.69 Å². The molecule has 2 aliphatic rings. The lowest BCUT2D eigenvalue weighted by Crippen LogP contribution is -2.36. The molecule has 1 aliphatic heterocycles. The van der Waals surface area contributed by atoms with Crippen LogP contribution in [0.2, 0.25) is 0 Å². The van der Waals surface area contributed by atoms with E-state index < -0.39 is 11.6 Å². The summed E-state index contributed by atoms with van der Waals surface area (Å²) in [5.41, 5.74) is 3.54. The third-order valence-corrected chi connectivity index (χ3v) is 6.26. The van der Waals surface area contributed by atoms with E-state index in [1.165, 1.54) is 18.2 Å². The molecule has 0 N–H and O–H groups in total. The molecule has 5 rings (SSSR count). The number of aromatic nitrogens is 2. The first-order valence-corrected chi connectivity index (χ1v) is 10.9. The molecule has 1 amide bonds. The van der Waals surface area contributed by atoms with E-state index in [-0.39, 0.29) is 11.7 Å². The van der Waals surface area contributed by atoms with Gasteiger partial charge in [0.25, 0.3) is 5.91 Å². The topological polar surface area (TPSA) is 41.4 Å². The molecule has 32 heavy (non-hydrogen) atoms. The number of rotatable bonds is 3. The highest BCUT2D eigenvalue weighted by atomic mass is 19.2. The Hall–Kier alpha value is -3.29. The van der Waals surface area contributed by atoms with Gasteiger partial charge in [-0.15, -0.1) is 0 Å². The fraction of sp³-hybridized carbons (Fsp3) is 0.333. The normalized spacial score (nSPS) is 16.2. The van der Waals surface area contributed by atoms with Crippen molar-refractivity contribution in [3.8, 4) is 5.69 Å². The molecule has 0 bridgehead atoms. The largest absolute Gasteiger partial charge is 0.370 e. The molecule has 0 spiro atoms. The van der Waals surface area contributed by atoms with Crippen molar-refractivity contribution < 1.29 is 18.0 Å². The van der Waals surface area contributed by atoms with Gasteiger partial charge < -0.3 is 9.80 Å². The predicted octanol–water partition coefficient (Wildman–Crippen LogP) is 4.13. The number of halogens is 3. The lowest BCUT2D eigenvalue weighted by atomic mass is 10.2. The SMILES string of the molecule is O=C(c1nn(-c2ccc(F)c(F)c2)c2c1CCC2)N1CCCN(c2ccc(F)cc2)CC1. The van der Waals surface area contributed by atoms with Gasteiger partial charge in [-0.25, -0.2) is 17.9 Å².